The van der Waals surface area contributed by atoms with Gasteiger partial charge in [0.2, 0.25) is 0 Å². The third-order valence-corrected chi connectivity index (χ3v) is 6.07. The van der Waals surface area contributed by atoms with Gasteiger partial charge in [0.25, 0.3) is 11.8 Å². The van der Waals surface area contributed by atoms with Gasteiger partial charge in [0.05, 0.1) is 22.5 Å². The maximum atomic E-state index is 13.5. The van der Waals surface area contributed by atoms with Crippen LogP contribution in [0.5, 0.6) is 0 Å². The number of para-hydroxylation sites is 1. The van der Waals surface area contributed by atoms with Crippen molar-refractivity contribution in [1.29, 1.82) is 0 Å². The van der Waals surface area contributed by atoms with Crippen LogP contribution in [-0.4, -0.2) is 49.9 Å². The van der Waals surface area contributed by atoms with E-state index in [9.17, 15) is 9.59 Å². The molecule has 0 aliphatic carbocycles. The van der Waals surface area contributed by atoms with Crippen LogP contribution in [0.15, 0.2) is 42.5 Å². The van der Waals surface area contributed by atoms with E-state index in [1.807, 2.05) is 18.2 Å². The largest absolute Gasteiger partial charge is 0.311 e. The number of hydrogen-bond donors (Lipinski definition) is 0. The lowest BCUT2D eigenvalue weighted by Gasteiger charge is -2.32. The summed E-state index contributed by atoms with van der Waals surface area (Å²) in [6.45, 7) is 3.76. The normalized spacial score (nSPS) is 17.6. The molecule has 152 valence electrons. The summed E-state index contributed by atoms with van der Waals surface area (Å²) >= 11 is 6.25. The Morgan fingerprint density at radius 2 is 1.59 bits per heavy atom. The van der Waals surface area contributed by atoms with E-state index in [1.54, 1.807) is 41.1 Å². The molecule has 2 aromatic rings. The minimum Gasteiger partial charge on any atom is -0.311 e. The smallest absolute Gasteiger partial charge is 0.260 e. The third-order valence-electron chi connectivity index (χ3n) is 5.83. The first-order valence-electron chi connectivity index (χ1n) is 10.3. The van der Waals surface area contributed by atoms with Gasteiger partial charge in [-0.05, 0) is 69.2 Å². The van der Waals surface area contributed by atoms with E-state index in [0.717, 1.165) is 26.1 Å². The second-order valence-corrected chi connectivity index (χ2v) is 8.19. The molecule has 2 aromatic carbocycles. The number of fused-ring (bicyclic) bond motifs is 2. The Kier molecular flexibility index (Phi) is 5.88. The molecular weight excluding hydrogens is 386 g/mol. The Labute approximate surface area is 176 Å². The second kappa shape index (κ2) is 8.56. The quantitative estimate of drug-likeness (QED) is 0.746. The molecule has 1 saturated heterocycles. The average molecular weight is 412 g/mol. The number of hydrogen-bond acceptors (Lipinski definition) is 3. The number of rotatable bonds is 4. The fraction of sp³-hybridized carbons (Fsp3) is 0.391. The topological polar surface area (TPSA) is 43.9 Å². The van der Waals surface area contributed by atoms with Gasteiger partial charge in [-0.25, -0.2) is 0 Å². The predicted molar refractivity (Wildman–Crippen MR) is 117 cm³/mol. The standard InChI is InChI=1S/C23H26ClN3O2/c1-25-20-9-4-3-8-18(20)23(29)27(15-7-14-26-12-5-2-6-13-26)21-16-17(24)10-11-19(21)22(25)28/h3-4,8-11,16H,2,5-7,12-15H2,1H3. The van der Waals surface area contributed by atoms with Crippen molar-refractivity contribution in [3.05, 3.63) is 58.6 Å². The third kappa shape index (κ3) is 4.02. The van der Waals surface area contributed by atoms with Crippen LogP contribution >= 0.6 is 11.6 Å². The zero-order valence-electron chi connectivity index (χ0n) is 16.7. The number of amides is 2. The summed E-state index contributed by atoms with van der Waals surface area (Å²) in [5.74, 6) is -0.236. The monoisotopic (exact) mass is 411 g/mol. The van der Waals surface area contributed by atoms with Crippen molar-refractivity contribution in [2.24, 2.45) is 0 Å². The van der Waals surface area contributed by atoms with E-state index in [2.05, 4.69) is 4.90 Å². The first-order valence-corrected chi connectivity index (χ1v) is 10.6. The average Bonchev–Trinajstić information content (AvgIpc) is 2.75. The van der Waals surface area contributed by atoms with E-state index in [1.165, 1.54) is 19.3 Å². The van der Waals surface area contributed by atoms with Crippen LogP contribution in [0.3, 0.4) is 0 Å². The molecule has 5 nitrogen and oxygen atoms in total. The summed E-state index contributed by atoms with van der Waals surface area (Å²) < 4.78 is 0. The molecule has 1 fully saturated rings. The summed E-state index contributed by atoms with van der Waals surface area (Å²) in [7, 11) is 1.71. The highest BCUT2D eigenvalue weighted by molar-refractivity contribution is 6.31. The Bertz CT molecular complexity index is 924. The maximum absolute atomic E-state index is 13.5. The van der Waals surface area contributed by atoms with Crippen LogP contribution < -0.4 is 9.80 Å². The molecule has 0 spiro atoms. The molecule has 4 rings (SSSR count). The Hall–Kier alpha value is -2.37. The summed E-state index contributed by atoms with van der Waals surface area (Å²) in [6.07, 6.45) is 4.65. The summed E-state index contributed by atoms with van der Waals surface area (Å²) in [6, 6.07) is 12.4. The molecule has 0 atom stereocenters. The number of nitrogens with zero attached hydrogens (tertiary/aromatic N) is 3. The first-order chi connectivity index (χ1) is 14.1. The molecule has 2 heterocycles. The van der Waals surface area contributed by atoms with Crippen LogP contribution in [0, 0.1) is 0 Å². The van der Waals surface area contributed by atoms with Crippen LogP contribution in [0.1, 0.15) is 46.4 Å². The number of piperidine rings is 1. The van der Waals surface area contributed by atoms with Crippen molar-refractivity contribution in [2.45, 2.75) is 25.7 Å². The number of carbonyl (C=O) groups is 2. The van der Waals surface area contributed by atoms with Gasteiger partial charge in [0.1, 0.15) is 0 Å². The van der Waals surface area contributed by atoms with E-state index in [4.69, 9.17) is 11.6 Å². The molecule has 2 aliphatic heterocycles. The van der Waals surface area contributed by atoms with E-state index in [0.29, 0.717) is 34.1 Å². The van der Waals surface area contributed by atoms with Crippen molar-refractivity contribution in [3.63, 3.8) is 0 Å². The van der Waals surface area contributed by atoms with Crippen LogP contribution in [-0.2, 0) is 0 Å². The van der Waals surface area contributed by atoms with Crippen molar-refractivity contribution in [3.8, 4) is 0 Å². The number of benzene rings is 2. The highest BCUT2D eigenvalue weighted by Crippen LogP contribution is 2.33. The van der Waals surface area contributed by atoms with Crippen LogP contribution in [0.25, 0.3) is 0 Å². The summed E-state index contributed by atoms with van der Waals surface area (Å²) in [5.41, 5.74) is 2.25. The number of likely N-dealkylation sites (tertiary alicyclic amines) is 1. The molecule has 0 radical (unpaired) electrons. The van der Waals surface area contributed by atoms with Gasteiger partial charge >= 0.3 is 0 Å². The molecule has 29 heavy (non-hydrogen) atoms. The molecule has 0 unspecified atom stereocenters. The van der Waals surface area contributed by atoms with E-state index >= 15 is 0 Å². The lowest BCUT2D eigenvalue weighted by atomic mass is 10.0. The second-order valence-electron chi connectivity index (χ2n) is 7.76. The zero-order valence-corrected chi connectivity index (χ0v) is 17.5. The number of anilines is 2. The van der Waals surface area contributed by atoms with E-state index in [-0.39, 0.29) is 11.8 Å². The van der Waals surface area contributed by atoms with Gasteiger partial charge in [0.15, 0.2) is 0 Å². The van der Waals surface area contributed by atoms with Gasteiger partial charge in [0, 0.05) is 18.6 Å². The maximum Gasteiger partial charge on any atom is 0.260 e. The molecular formula is C23H26ClN3O2. The lowest BCUT2D eigenvalue weighted by Crippen LogP contribution is -2.40. The summed E-state index contributed by atoms with van der Waals surface area (Å²) in [5, 5.41) is 0.516. The Balaban J connectivity index is 1.68. The molecule has 0 aromatic heterocycles. The molecule has 0 saturated carbocycles. The fourth-order valence-electron chi connectivity index (χ4n) is 4.26. The molecule has 6 heteroatoms. The minimum atomic E-state index is -0.141. The minimum absolute atomic E-state index is 0.0953. The van der Waals surface area contributed by atoms with Gasteiger partial charge in [-0.3, -0.25) is 9.59 Å². The van der Waals surface area contributed by atoms with E-state index < -0.39 is 0 Å². The zero-order chi connectivity index (χ0) is 20.4. The predicted octanol–water partition coefficient (Wildman–Crippen LogP) is 4.45. The first kappa shape index (κ1) is 19.9. The fourth-order valence-corrected chi connectivity index (χ4v) is 4.42. The van der Waals surface area contributed by atoms with Crippen LogP contribution in [0.4, 0.5) is 11.4 Å². The van der Waals surface area contributed by atoms with Gasteiger partial charge in [-0.15, -0.1) is 0 Å². The molecule has 0 N–H and O–H groups in total. The van der Waals surface area contributed by atoms with Crippen molar-refractivity contribution >= 4 is 34.8 Å². The molecule has 0 bridgehead atoms. The Morgan fingerprint density at radius 1 is 0.862 bits per heavy atom. The van der Waals surface area contributed by atoms with Gasteiger partial charge in [-0.1, -0.05) is 30.2 Å². The SMILES string of the molecule is CN1C(=O)c2ccc(Cl)cc2N(CCCN2CCCCC2)C(=O)c2ccccc21. The Morgan fingerprint density at radius 3 is 2.38 bits per heavy atom. The number of halogens is 1. The van der Waals surface area contributed by atoms with Crippen molar-refractivity contribution in [1.82, 2.24) is 4.90 Å². The van der Waals surface area contributed by atoms with Gasteiger partial charge < -0.3 is 14.7 Å². The molecule has 2 aliphatic rings. The highest BCUT2D eigenvalue weighted by atomic mass is 35.5. The van der Waals surface area contributed by atoms with Crippen LogP contribution in [0.2, 0.25) is 5.02 Å². The van der Waals surface area contributed by atoms with Crippen molar-refractivity contribution in [2.75, 3.05) is 43.0 Å². The van der Waals surface area contributed by atoms with Gasteiger partial charge in [-0.2, -0.15) is 0 Å². The lowest BCUT2D eigenvalue weighted by molar-refractivity contribution is 0.0976. The number of carbonyl (C=O) groups excluding carboxylic acids is 2. The summed E-state index contributed by atoms with van der Waals surface area (Å²) in [4.78, 5) is 32.4. The highest BCUT2D eigenvalue weighted by Gasteiger charge is 2.31. The van der Waals surface area contributed by atoms with Crippen molar-refractivity contribution < 1.29 is 9.59 Å². The molecule has 2 amide bonds.